The van der Waals surface area contributed by atoms with Gasteiger partial charge in [-0.1, -0.05) is 6.08 Å². The fourth-order valence-electron chi connectivity index (χ4n) is 2.34. The lowest BCUT2D eigenvalue weighted by Gasteiger charge is -2.34. The summed E-state index contributed by atoms with van der Waals surface area (Å²) in [6, 6.07) is -0.00231. The fourth-order valence-corrected chi connectivity index (χ4v) is 2.34. The molecule has 0 aromatic carbocycles. The number of rotatable bonds is 5. The van der Waals surface area contributed by atoms with Crippen LogP contribution in [0.25, 0.3) is 0 Å². The predicted octanol–water partition coefficient (Wildman–Crippen LogP) is 1.13. The van der Waals surface area contributed by atoms with Crippen LogP contribution in [0.2, 0.25) is 0 Å². The van der Waals surface area contributed by atoms with Gasteiger partial charge >= 0.3 is 6.03 Å². The third kappa shape index (κ3) is 4.66. The lowest BCUT2D eigenvalue weighted by Crippen LogP contribution is -2.49. The minimum Gasteiger partial charge on any atom is -0.395 e. The summed E-state index contributed by atoms with van der Waals surface area (Å²) in [6.07, 6.45) is 3.66. The van der Waals surface area contributed by atoms with E-state index in [4.69, 9.17) is 9.84 Å². The van der Waals surface area contributed by atoms with Gasteiger partial charge in [0.2, 0.25) is 0 Å². The highest BCUT2D eigenvalue weighted by molar-refractivity contribution is 5.74. The zero-order valence-electron chi connectivity index (χ0n) is 11.3. The van der Waals surface area contributed by atoms with Crippen LogP contribution >= 0.6 is 0 Å². The number of carbonyl (C=O) groups is 1. The van der Waals surface area contributed by atoms with Gasteiger partial charge in [0, 0.05) is 19.1 Å². The van der Waals surface area contributed by atoms with Crippen molar-refractivity contribution in [3.8, 4) is 0 Å². The zero-order chi connectivity index (χ0) is 13.5. The van der Waals surface area contributed by atoms with Crippen LogP contribution in [-0.2, 0) is 4.74 Å². The number of ether oxygens (including phenoxy) is 1. The minimum absolute atomic E-state index is 0.0398. The van der Waals surface area contributed by atoms with E-state index < -0.39 is 0 Å². The summed E-state index contributed by atoms with van der Waals surface area (Å²) < 4.78 is 5.63. The molecule has 5 nitrogen and oxygen atoms in total. The largest absolute Gasteiger partial charge is 0.395 e. The molecule has 1 heterocycles. The number of nitrogens with one attached hydrogen (secondary N) is 1. The molecule has 0 aromatic heterocycles. The van der Waals surface area contributed by atoms with Crippen molar-refractivity contribution >= 4 is 6.03 Å². The van der Waals surface area contributed by atoms with E-state index in [0.29, 0.717) is 13.1 Å². The third-order valence-electron chi connectivity index (χ3n) is 3.03. The molecule has 2 N–H and O–H groups in total. The van der Waals surface area contributed by atoms with Crippen molar-refractivity contribution in [2.75, 3.05) is 19.7 Å². The molecule has 104 valence electrons. The summed E-state index contributed by atoms with van der Waals surface area (Å²) in [5.74, 6) is 0. The van der Waals surface area contributed by atoms with Gasteiger partial charge in [-0.2, -0.15) is 0 Å². The average Bonchev–Trinajstić information content (AvgIpc) is 2.27. The number of amides is 2. The lowest BCUT2D eigenvalue weighted by molar-refractivity contribution is -0.0407. The van der Waals surface area contributed by atoms with E-state index in [1.807, 2.05) is 13.8 Å². The molecular weight excluding hydrogens is 232 g/mol. The Hall–Kier alpha value is -1.07. The van der Waals surface area contributed by atoms with Crippen LogP contribution in [0.5, 0.6) is 0 Å². The lowest BCUT2D eigenvalue weighted by atomic mass is 10.00. The number of nitrogens with zero attached hydrogens (tertiary/aromatic N) is 1. The highest BCUT2D eigenvalue weighted by atomic mass is 16.5. The first-order valence-corrected chi connectivity index (χ1v) is 6.49. The number of hydrogen-bond donors (Lipinski definition) is 2. The van der Waals surface area contributed by atoms with Crippen LogP contribution in [0.3, 0.4) is 0 Å². The van der Waals surface area contributed by atoms with Crippen molar-refractivity contribution in [3.05, 3.63) is 12.7 Å². The number of urea groups is 1. The van der Waals surface area contributed by atoms with Crippen molar-refractivity contribution in [1.82, 2.24) is 10.2 Å². The normalized spacial score (nSPS) is 27.6. The van der Waals surface area contributed by atoms with Crippen molar-refractivity contribution in [2.24, 2.45) is 0 Å². The van der Waals surface area contributed by atoms with E-state index >= 15 is 0 Å². The third-order valence-corrected chi connectivity index (χ3v) is 3.03. The highest BCUT2D eigenvalue weighted by Crippen LogP contribution is 2.19. The molecule has 0 aromatic rings. The Kier molecular flexibility index (Phi) is 6.15. The van der Waals surface area contributed by atoms with E-state index in [-0.39, 0.29) is 30.9 Å². The van der Waals surface area contributed by atoms with Crippen LogP contribution < -0.4 is 5.32 Å². The van der Waals surface area contributed by atoms with Crippen molar-refractivity contribution in [3.63, 3.8) is 0 Å². The number of hydrogen-bond acceptors (Lipinski definition) is 3. The highest BCUT2D eigenvalue weighted by Gasteiger charge is 2.26. The first kappa shape index (κ1) is 15.0. The van der Waals surface area contributed by atoms with Crippen LogP contribution in [0.15, 0.2) is 12.7 Å². The molecule has 0 bridgehead atoms. The van der Waals surface area contributed by atoms with Gasteiger partial charge in [-0.05, 0) is 26.7 Å². The van der Waals surface area contributed by atoms with Crippen molar-refractivity contribution in [1.29, 1.82) is 0 Å². The van der Waals surface area contributed by atoms with Gasteiger partial charge in [0.1, 0.15) is 0 Å². The van der Waals surface area contributed by atoms with Gasteiger partial charge in [0.15, 0.2) is 0 Å². The van der Waals surface area contributed by atoms with Gasteiger partial charge in [-0.3, -0.25) is 0 Å². The predicted molar refractivity (Wildman–Crippen MR) is 70.4 cm³/mol. The van der Waals surface area contributed by atoms with Gasteiger partial charge < -0.3 is 20.1 Å². The summed E-state index contributed by atoms with van der Waals surface area (Å²) >= 11 is 0. The van der Waals surface area contributed by atoms with E-state index in [9.17, 15) is 4.79 Å². The van der Waals surface area contributed by atoms with E-state index in [2.05, 4.69) is 11.9 Å². The molecule has 2 amide bonds. The zero-order valence-corrected chi connectivity index (χ0v) is 11.3. The van der Waals surface area contributed by atoms with Crippen molar-refractivity contribution < 1.29 is 14.6 Å². The topological polar surface area (TPSA) is 61.8 Å². The standard InChI is InChI=1S/C13H24N2O3/c1-4-5-15(6-7-16)13(17)14-12-8-10(2)18-11(3)9-12/h4,10-12,16H,1,5-9H2,2-3H3,(H,14,17). The summed E-state index contributed by atoms with van der Waals surface area (Å²) in [4.78, 5) is 13.6. The monoisotopic (exact) mass is 256 g/mol. The molecule has 5 heteroatoms. The summed E-state index contributed by atoms with van der Waals surface area (Å²) in [5, 5.41) is 11.9. The molecule has 1 fully saturated rings. The molecule has 1 saturated heterocycles. The van der Waals surface area contributed by atoms with E-state index in [1.165, 1.54) is 0 Å². The second-order valence-corrected chi connectivity index (χ2v) is 4.83. The minimum atomic E-state index is -0.143. The van der Waals surface area contributed by atoms with Gasteiger partial charge in [-0.25, -0.2) is 4.79 Å². The summed E-state index contributed by atoms with van der Waals surface area (Å²) in [6.45, 7) is 8.38. The van der Waals surface area contributed by atoms with Crippen LogP contribution in [0.1, 0.15) is 26.7 Å². The molecule has 2 atom stereocenters. The molecule has 2 unspecified atom stereocenters. The smallest absolute Gasteiger partial charge is 0.317 e. The second kappa shape index (κ2) is 7.38. The molecule has 0 saturated carbocycles. The quantitative estimate of drug-likeness (QED) is 0.725. The maximum atomic E-state index is 12.0. The summed E-state index contributed by atoms with van der Waals surface area (Å²) in [5.41, 5.74) is 0. The Bertz CT molecular complexity index is 273. The first-order valence-electron chi connectivity index (χ1n) is 6.49. The number of aliphatic hydroxyl groups excluding tert-OH is 1. The Morgan fingerprint density at radius 1 is 1.50 bits per heavy atom. The number of carbonyl (C=O) groups excluding carboxylic acids is 1. The molecule has 1 aliphatic heterocycles. The number of aliphatic hydroxyl groups is 1. The Balaban J connectivity index is 2.48. The molecule has 0 aliphatic carbocycles. The van der Waals surface area contributed by atoms with Gasteiger partial charge in [0.05, 0.1) is 18.8 Å². The Labute approximate surface area is 109 Å². The van der Waals surface area contributed by atoms with Gasteiger partial charge in [0.25, 0.3) is 0 Å². The maximum Gasteiger partial charge on any atom is 0.317 e. The van der Waals surface area contributed by atoms with Crippen LogP contribution in [-0.4, -0.2) is 54.0 Å². The van der Waals surface area contributed by atoms with Crippen LogP contribution in [0, 0.1) is 0 Å². The molecule has 1 aliphatic rings. The van der Waals surface area contributed by atoms with E-state index in [0.717, 1.165) is 12.8 Å². The Morgan fingerprint density at radius 3 is 2.61 bits per heavy atom. The maximum absolute atomic E-state index is 12.0. The van der Waals surface area contributed by atoms with Crippen molar-refractivity contribution in [2.45, 2.75) is 44.9 Å². The fraction of sp³-hybridized carbons (Fsp3) is 0.769. The molecule has 18 heavy (non-hydrogen) atoms. The molecule has 0 radical (unpaired) electrons. The van der Waals surface area contributed by atoms with E-state index in [1.54, 1.807) is 11.0 Å². The molecule has 0 spiro atoms. The first-order chi connectivity index (χ1) is 8.56. The van der Waals surface area contributed by atoms with Gasteiger partial charge in [-0.15, -0.1) is 6.58 Å². The average molecular weight is 256 g/mol. The SMILES string of the molecule is C=CCN(CCO)C(=O)NC1CC(C)OC(C)C1. The summed E-state index contributed by atoms with van der Waals surface area (Å²) in [7, 11) is 0. The molecule has 1 rings (SSSR count). The van der Waals surface area contributed by atoms with Crippen LogP contribution in [0.4, 0.5) is 4.79 Å². The molecular formula is C13H24N2O3. The second-order valence-electron chi connectivity index (χ2n) is 4.83. The Morgan fingerprint density at radius 2 is 2.11 bits per heavy atom.